The lowest BCUT2D eigenvalue weighted by atomic mass is 9.92. The van der Waals surface area contributed by atoms with Crippen molar-refractivity contribution in [1.29, 1.82) is 5.26 Å². The first kappa shape index (κ1) is 15.3. The summed E-state index contributed by atoms with van der Waals surface area (Å²) in [6.45, 7) is 1.48. The molecule has 1 saturated carbocycles. The summed E-state index contributed by atoms with van der Waals surface area (Å²) in [6.07, 6.45) is 2.45. The van der Waals surface area contributed by atoms with E-state index in [4.69, 9.17) is 5.26 Å². The van der Waals surface area contributed by atoms with Crippen LogP contribution in [0.3, 0.4) is 0 Å². The Balaban J connectivity index is 2.35. The lowest BCUT2D eigenvalue weighted by Crippen LogP contribution is -2.25. The minimum Gasteiger partial charge on any atom is -0.297 e. The molecule has 1 heterocycles. The third-order valence-electron chi connectivity index (χ3n) is 3.36. The summed E-state index contributed by atoms with van der Waals surface area (Å²) in [4.78, 5) is 28.1. The molecule has 1 aromatic rings. The molecule has 1 aliphatic carbocycles. The minimum absolute atomic E-state index is 0.114. The Kier molecular flexibility index (Phi) is 3.92. The van der Waals surface area contributed by atoms with Crippen molar-refractivity contribution >= 4 is 21.4 Å². The van der Waals surface area contributed by atoms with E-state index in [1.807, 2.05) is 0 Å². The molecule has 1 unspecified atom stereocenters. The number of carbonyl (C=O) groups is 2. The molecule has 0 radical (unpaired) electrons. The van der Waals surface area contributed by atoms with Gasteiger partial charge in [-0.2, -0.15) is 5.26 Å². The monoisotopic (exact) mass is 306 g/mol. The molecular formula is C14H14N2O4S. The van der Waals surface area contributed by atoms with Gasteiger partial charge >= 0.3 is 0 Å². The number of ketones is 2. The van der Waals surface area contributed by atoms with Gasteiger partial charge in [0, 0.05) is 23.4 Å². The highest BCUT2D eigenvalue weighted by Gasteiger charge is 2.39. The number of carbonyl (C=O) groups excluding carboxylic acids is 2. The van der Waals surface area contributed by atoms with Crippen molar-refractivity contribution in [1.82, 2.24) is 4.98 Å². The summed E-state index contributed by atoms with van der Waals surface area (Å²) in [7, 11) is -3.47. The molecule has 0 spiro atoms. The first-order valence-corrected chi connectivity index (χ1v) is 8.30. The maximum absolute atomic E-state index is 12.3. The quantitative estimate of drug-likeness (QED) is 0.595. The van der Waals surface area contributed by atoms with Crippen LogP contribution in [0.4, 0.5) is 0 Å². The SMILES string of the molecule is Cc1nc(S(C)(=O)=O)ccc1C(=O)C(C#N)C(=O)C1CC1. The maximum Gasteiger partial charge on any atom is 0.192 e. The second-order valence-electron chi connectivity index (χ2n) is 5.16. The lowest BCUT2D eigenvalue weighted by molar-refractivity contribution is -0.121. The number of hydrogen-bond donors (Lipinski definition) is 0. The van der Waals surface area contributed by atoms with E-state index in [9.17, 15) is 18.0 Å². The highest BCUT2D eigenvalue weighted by molar-refractivity contribution is 7.90. The number of rotatable bonds is 5. The fraction of sp³-hybridized carbons (Fsp3) is 0.429. The van der Waals surface area contributed by atoms with Gasteiger partial charge in [-0.1, -0.05) is 0 Å². The first-order valence-electron chi connectivity index (χ1n) is 6.41. The van der Waals surface area contributed by atoms with Gasteiger partial charge in [0.2, 0.25) is 0 Å². The standard InChI is InChI=1S/C14H14N2O4S/c1-8-10(5-6-12(16-8)21(2,19)20)14(18)11(7-15)13(17)9-3-4-9/h5-6,9,11H,3-4H2,1-2H3. The molecular weight excluding hydrogens is 292 g/mol. The lowest BCUT2D eigenvalue weighted by Gasteiger charge is -2.09. The maximum atomic E-state index is 12.3. The summed E-state index contributed by atoms with van der Waals surface area (Å²) in [6, 6.07) is 4.27. The van der Waals surface area contributed by atoms with E-state index < -0.39 is 21.5 Å². The fourth-order valence-electron chi connectivity index (χ4n) is 2.02. The molecule has 0 aliphatic heterocycles. The number of pyridine rings is 1. The van der Waals surface area contributed by atoms with Crippen molar-refractivity contribution in [3.05, 3.63) is 23.4 Å². The molecule has 1 aliphatic rings. The van der Waals surface area contributed by atoms with Gasteiger partial charge in [0.15, 0.2) is 32.3 Å². The van der Waals surface area contributed by atoms with Crippen LogP contribution in [0.15, 0.2) is 17.2 Å². The van der Waals surface area contributed by atoms with Gasteiger partial charge in [0.25, 0.3) is 0 Å². The van der Waals surface area contributed by atoms with Crippen molar-refractivity contribution in [2.45, 2.75) is 24.8 Å². The van der Waals surface area contributed by atoms with Gasteiger partial charge < -0.3 is 0 Å². The molecule has 7 heteroatoms. The van der Waals surface area contributed by atoms with Crippen LogP contribution in [-0.2, 0) is 14.6 Å². The Morgan fingerprint density at radius 1 is 1.38 bits per heavy atom. The molecule has 1 aromatic heterocycles. The summed E-state index contributed by atoms with van der Waals surface area (Å²) in [5, 5.41) is 8.93. The molecule has 2 rings (SSSR count). The summed E-state index contributed by atoms with van der Waals surface area (Å²) in [5.74, 6) is -2.49. The summed E-state index contributed by atoms with van der Waals surface area (Å²) >= 11 is 0. The van der Waals surface area contributed by atoms with Crippen LogP contribution >= 0.6 is 0 Å². The molecule has 0 amide bonds. The third kappa shape index (κ3) is 3.16. The molecule has 0 bridgehead atoms. The van der Waals surface area contributed by atoms with Crippen molar-refractivity contribution in [3.8, 4) is 6.07 Å². The average molecular weight is 306 g/mol. The van der Waals surface area contributed by atoms with E-state index in [0.29, 0.717) is 12.8 Å². The second-order valence-corrected chi connectivity index (χ2v) is 7.12. The number of hydrogen-bond acceptors (Lipinski definition) is 6. The summed E-state index contributed by atoms with van der Waals surface area (Å²) < 4.78 is 22.8. The number of nitrogens with zero attached hydrogens (tertiary/aromatic N) is 2. The van der Waals surface area contributed by atoms with Crippen LogP contribution in [0.25, 0.3) is 0 Å². The largest absolute Gasteiger partial charge is 0.297 e. The third-order valence-corrected chi connectivity index (χ3v) is 4.35. The highest BCUT2D eigenvalue weighted by Crippen LogP contribution is 2.33. The number of aryl methyl sites for hydroxylation is 1. The van der Waals surface area contributed by atoms with Crippen LogP contribution in [-0.4, -0.2) is 31.2 Å². The molecule has 110 valence electrons. The Hall–Kier alpha value is -2.07. The number of nitriles is 1. The molecule has 6 nitrogen and oxygen atoms in total. The van der Waals surface area contributed by atoms with Crippen molar-refractivity contribution in [2.75, 3.05) is 6.26 Å². The normalized spacial score (nSPS) is 16.0. The van der Waals surface area contributed by atoms with E-state index in [1.54, 1.807) is 6.07 Å². The van der Waals surface area contributed by atoms with Gasteiger partial charge in [0.1, 0.15) is 0 Å². The van der Waals surface area contributed by atoms with Crippen LogP contribution in [0, 0.1) is 30.1 Å². The Morgan fingerprint density at radius 3 is 2.43 bits per heavy atom. The summed E-state index contributed by atoms with van der Waals surface area (Å²) in [5.41, 5.74) is 0.315. The van der Waals surface area contributed by atoms with E-state index >= 15 is 0 Å². The predicted molar refractivity (Wildman–Crippen MR) is 73.2 cm³/mol. The Labute approximate surface area is 122 Å². The van der Waals surface area contributed by atoms with Gasteiger partial charge in [-0.25, -0.2) is 13.4 Å². The fourth-order valence-corrected chi connectivity index (χ4v) is 2.63. The van der Waals surface area contributed by atoms with Crippen LogP contribution in [0.2, 0.25) is 0 Å². The molecule has 0 N–H and O–H groups in total. The zero-order chi connectivity index (χ0) is 15.8. The van der Waals surface area contributed by atoms with Gasteiger partial charge in [0.05, 0.1) is 6.07 Å². The zero-order valence-corrected chi connectivity index (χ0v) is 12.5. The number of sulfone groups is 1. The van der Waals surface area contributed by atoms with Crippen LogP contribution in [0.1, 0.15) is 28.9 Å². The topological polar surface area (TPSA) is 105 Å². The zero-order valence-electron chi connectivity index (χ0n) is 11.7. The second kappa shape index (κ2) is 5.37. The molecule has 0 aromatic carbocycles. The van der Waals surface area contributed by atoms with Crippen LogP contribution < -0.4 is 0 Å². The van der Waals surface area contributed by atoms with Crippen LogP contribution in [0.5, 0.6) is 0 Å². The predicted octanol–water partition coefficient (Wildman–Crippen LogP) is 1.10. The Bertz CT molecular complexity index is 758. The average Bonchev–Trinajstić information content (AvgIpc) is 3.22. The smallest absolute Gasteiger partial charge is 0.192 e. The highest BCUT2D eigenvalue weighted by atomic mass is 32.2. The van der Waals surface area contributed by atoms with Crippen molar-refractivity contribution in [2.24, 2.45) is 11.8 Å². The number of aromatic nitrogens is 1. The molecule has 1 atom stereocenters. The Morgan fingerprint density at radius 2 is 2.00 bits per heavy atom. The van der Waals surface area contributed by atoms with E-state index in [-0.39, 0.29) is 28.0 Å². The van der Waals surface area contributed by atoms with Gasteiger partial charge in [-0.15, -0.1) is 0 Å². The van der Waals surface area contributed by atoms with E-state index in [1.165, 1.54) is 19.1 Å². The van der Waals surface area contributed by atoms with Crippen molar-refractivity contribution in [3.63, 3.8) is 0 Å². The minimum atomic E-state index is -3.47. The van der Waals surface area contributed by atoms with Gasteiger partial charge in [-0.3, -0.25) is 9.59 Å². The van der Waals surface area contributed by atoms with Gasteiger partial charge in [-0.05, 0) is 31.9 Å². The number of Topliss-reactive ketones (excluding diaryl/α,β-unsaturated/α-hetero) is 2. The molecule has 21 heavy (non-hydrogen) atoms. The molecule has 1 fully saturated rings. The van der Waals surface area contributed by atoms with E-state index in [0.717, 1.165) is 6.26 Å². The molecule has 0 saturated heterocycles. The van der Waals surface area contributed by atoms with Crippen molar-refractivity contribution < 1.29 is 18.0 Å². The first-order chi connectivity index (χ1) is 9.75. The van der Waals surface area contributed by atoms with E-state index in [2.05, 4.69) is 4.98 Å².